The number of hydrogen-bond acceptors (Lipinski definition) is 3. The molecule has 0 amide bonds. The summed E-state index contributed by atoms with van der Waals surface area (Å²) in [7, 11) is 0. The fourth-order valence-corrected chi connectivity index (χ4v) is 5.74. The van der Waals surface area contributed by atoms with Crippen LogP contribution in [0.3, 0.4) is 0 Å². The van der Waals surface area contributed by atoms with Gasteiger partial charge in [0.15, 0.2) is 0 Å². The molecule has 2 unspecified atom stereocenters. The number of nitrogens with zero attached hydrogens (tertiary/aromatic N) is 2. The summed E-state index contributed by atoms with van der Waals surface area (Å²) in [6.07, 6.45) is -1.56. The van der Waals surface area contributed by atoms with Gasteiger partial charge in [-0.1, -0.05) is 30.3 Å². The van der Waals surface area contributed by atoms with Gasteiger partial charge in [-0.15, -0.1) is 0 Å². The molecule has 3 nitrogen and oxygen atoms in total. The predicted octanol–water partition coefficient (Wildman–Crippen LogP) is 5.86. The summed E-state index contributed by atoms with van der Waals surface area (Å²) >= 11 is 0. The summed E-state index contributed by atoms with van der Waals surface area (Å²) in [5, 5.41) is 0.497. The highest BCUT2D eigenvalue weighted by Crippen LogP contribution is 2.61. The number of benzene rings is 2. The second-order valence-corrected chi connectivity index (χ2v) is 9.89. The number of ether oxygens (including phenoxy) is 1. The Morgan fingerprint density at radius 2 is 1.79 bits per heavy atom. The molecule has 6 rings (SSSR count). The van der Waals surface area contributed by atoms with Crippen molar-refractivity contribution in [2.75, 3.05) is 13.1 Å². The van der Waals surface area contributed by atoms with Crippen LogP contribution in [0.15, 0.2) is 54.7 Å². The lowest BCUT2D eigenvalue weighted by Crippen LogP contribution is -2.44. The lowest BCUT2D eigenvalue weighted by atomic mass is 9.80. The fourth-order valence-electron chi connectivity index (χ4n) is 5.74. The highest BCUT2D eigenvalue weighted by molar-refractivity contribution is 5.80. The molecule has 0 N–H and O–H groups in total. The van der Waals surface area contributed by atoms with E-state index in [1.165, 1.54) is 0 Å². The lowest BCUT2D eigenvalue weighted by molar-refractivity contribution is -0.160. The number of likely N-dealkylation sites (tertiary alicyclic amines) is 1. The molecule has 2 aliphatic heterocycles. The van der Waals surface area contributed by atoms with Gasteiger partial charge in [-0.25, -0.2) is 4.39 Å². The molecule has 1 aromatic heterocycles. The highest BCUT2D eigenvalue weighted by atomic mass is 19.4. The van der Waals surface area contributed by atoms with E-state index in [4.69, 9.17) is 4.74 Å². The second-order valence-electron chi connectivity index (χ2n) is 9.89. The Morgan fingerprint density at radius 3 is 2.45 bits per heavy atom. The van der Waals surface area contributed by atoms with Gasteiger partial charge >= 0.3 is 6.18 Å². The third kappa shape index (κ3) is 3.05. The van der Waals surface area contributed by atoms with Gasteiger partial charge in [-0.2, -0.15) is 13.2 Å². The Morgan fingerprint density at radius 1 is 1.03 bits per heavy atom. The Hall–Kier alpha value is -2.51. The topological polar surface area (TPSA) is 28.7 Å². The molecule has 3 fully saturated rings. The lowest BCUT2D eigenvalue weighted by Gasteiger charge is -2.33. The van der Waals surface area contributed by atoms with Crippen molar-refractivity contribution in [2.45, 2.75) is 55.5 Å². The summed E-state index contributed by atoms with van der Waals surface area (Å²) in [6, 6.07) is 13.9. The van der Waals surface area contributed by atoms with Crippen LogP contribution in [-0.2, 0) is 22.3 Å². The van der Waals surface area contributed by atoms with Crippen molar-refractivity contribution in [1.82, 2.24) is 9.88 Å². The van der Waals surface area contributed by atoms with Crippen LogP contribution >= 0.6 is 0 Å². The van der Waals surface area contributed by atoms with Crippen LogP contribution in [0, 0.1) is 5.82 Å². The quantitative estimate of drug-likeness (QED) is 0.364. The average molecular weight is 456 g/mol. The van der Waals surface area contributed by atoms with Crippen LogP contribution in [0.4, 0.5) is 17.6 Å². The predicted molar refractivity (Wildman–Crippen MR) is 116 cm³/mol. The molecule has 33 heavy (non-hydrogen) atoms. The van der Waals surface area contributed by atoms with Crippen molar-refractivity contribution in [1.29, 1.82) is 0 Å². The van der Waals surface area contributed by atoms with Gasteiger partial charge in [0.1, 0.15) is 17.0 Å². The Balaban J connectivity index is 1.18. The van der Waals surface area contributed by atoms with E-state index in [-0.39, 0.29) is 18.7 Å². The minimum Gasteiger partial charge on any atom is -0.356 e. The first kappa shape index (κ1) is 21.1. The molecule has 2 atom stereocenters. The molecule has 3 aliphatic rings. The van der Waals surface area contributed by atoms with Crippen LogP contribution in [0.1, 0.15) is 42.9 Å². The maximum atomic E-state index is 15.3. The number of rotatable bonds is 4. The third-order valence-electron chi connectivity index (χ3n) is 7.88. The summed E-state index contributed by atoms with van der Waals surface area (Å²) < 4.78 is 61.7. The monoisotopic (exact) mass is 456 g/mol. The molecule has 1 aliphatic carbocycles. The zero-order chi connectivity index (χ0) is 23.1. The van der Waals surface area contributed by atoms with Crippen LogP contribution in [-0.4, -0.2) is 34.8 Å². The van der Waals surface area contributed by atoms with Gasteiger partial charge in [-0.05, 0) is 55.5 Å². The molecular formula is C26H24F4N2O. The molecule has 172 valence electrons. The summed E-state index contributed by atoms with van der Waals surface area (Å²) in [5.41, 5.74) is -0.270. The van der Waals surface area contributed by atoms with Crippen LogP contribution in [0.5, 0.6) is 0 Å². The fraction of sp³-hybridized carbons (Fsp3) is 0.423. The molecular weight excluding hydrogens is 432 g/mol. The first-order chi connectivity index (χ1) is 15.7. The summed E-state index contributed by atoms with van der Waals surface area (Å²) in [6.45, 7) is 3.98. The number of pyridine rings is 1. The maximum Gasteiger partial charge on any atom is 0.398 e. The van der Waals surface area contributed by atoms with Crippen molar-refractivity contribution in [2.24, 2.45) is 0 Å². The van der Waals surface area contributed by atoms with Gasteiger partial charge < -0.3 is 4.74 Å². The molecule has 0 radical (unpaired) electrons. The van der Waals surface area contributed by atoms with E-state index >= 15 is 4.39 Å². The molecule has 2 saturated heterocycles. The molecule has 0 bridgehead atoms. The Labute approximate surface area is 189 Å². The number of halogens is 4. The minimum absolute atomic E-state index is 0.168. The normalized spacial score (nSPS) is 28.5. The van der Waals surface area contributed by atoms with Crippen molar-refractivity contribution in [3.8, 4) is 0 Å². The van der Waals surface area contributed by atoms with Crippen molar-refractivity contribution < 1.29 is 22.3 Å². The van der Waals surface area contributed by atoms with Crippen molar-refractivity contribution >= 4 is 10.9 Å². The largest absolute Gasteiger partial charge is 0.398 e. The Bertz CT molecular complexity index is 1240. The molecule has 2 aromatic carbocycles. The number of fused-ring (bicyclic) bond motifs is 2. The van der Waals surface area contributed by atoms with E-state index in [2.05, 4.69) is 9.88 Å². The first-order valence-corrected chi connectivity index (χ1v) is 11.3. The SMILES string of the molecule is CC12CN(Cc3ccc(C4(C(F)(F)F)CC4)cc3)CCC1(c1ccc3ncccc3c1F)O2. The van der Waals surface area contributed by atoms with E-state index in [0.717, 1.165) is 5.56 Å². The first-order valence-electron chi connectivity index (χ1n) is 11.3. The van der Waals surface area contributed by atoms with Crippen molar-refractivity contribution in [3.63, 3.8) is 0 Å². The van der Waals surface area contributed by atoms with Gasteiger partial charge in [0, 0.05) is 36.8 Å². The summed E-state index contributed by atoms with van der Waals surface area (Å²) in [5.74, 6) is -0.271. The van der Waals surface area contributed by atoms with E-state index in [1.807, 2.05) is 13.0 Å². The van der Waals surface area contributed by atoms with E-state index in [1.54, 1.807) is 48.7 Å². The van der Waals surface area contributed by atoms with Gasteiger partial charge in [0.2, 0.25) is 0 Å². The molecule has 3 aromatic rings. The average Bonchev–Trinajstić information content (AvgIpc) is 3.68. The number of aromatic nitrogens is 1. The van der Waals surface area contributed by atoms with Gasteiger partial charge in [-0.3, -0.25) is 9.88 Å². The third-order valence-corrected chi connectivity index (χ3v) is 7.88. The van der Waals surface area contributed by atoms with Crippen molar-refractivity contribution in [3.05, 3.63) is 77.2 Å². The molecule has 7 heteroatoms. The van der Waals surface area contributed by atoms with Gasteiger partial charge in [0.25, 0.3) is 0 Å². The zero-order valence-corrected chi connectivity index (χ0v) is 18.3. The zero-order valence-electron chi connectivity index (χ0n) is 18.3. The van der Waals surface area contributed by atoms with Crippen LogP contribution in [0.2, 0.25) is 0 Å². The summed E-state index contributed by atoms with van der Waals surface area (Å²) in [4.78, 5) is 6.46. The smallest absolute Gasteiger partial charge is 0.356 e. The van der Waals surface area contributed by atoms with Gasteiger partial charge in [0.05, 0.1) is 10.9 Å². The number of hydrogen-bond donors (Lipinski definition) is 0. The van der Waals surface area contributed by atoms with E-state index in [0.29, 0.717) is 48.1 Å². The Kier molecular flexibility index (Phi) is 4.31. The van der Waals surface area contributed by atoms with E-state index in [9.17, 15) is 13.2 Å². The number of alkyl halides is 3. The minimum atomic E-state index is -4.20. The number of epoxide rings is 1. The van der Waals surface area contributed by atoms with E-state index < -0.39 is 22.8 Å². The second kappa shape index (κ2) is 6.76. The standard InChI is InChI=1S/C26H24F4N2O/c1-23-16-32(15-17-4-6-18(7-5-17)24(10-11-24)26(28,29)30)14-12-25(23,33-23)20-8-9-21-19(22(20)27)3-2-13-31-21/h2-9,13H,10-12,14-16H2,1H3. The molecule has 0 spiro atoms. The number of piperidine rings is 1. The highest BCUT2D eigenvalue weighted by Gasteiger charge is 2.70. The van der Waals surface area contributed by atoms with Crippen LogP contribution < -0.4 is 0 Å². The van der Waals surface area contributed by atoms with Crippen LogP contribution in [0.25, 0.3) is 10.9 Å². The molecule has 1 saturated carbocycles. The maximum absolute atomic E-state index is 15.3. The molecule has 3 heterocycles.